The maximum atomic E-state index is 14.5. The first-order valence-corrected chi connectivity index (χ1v) is 13.2. The second-order valence-corrected chi connectivity index (χ2v) is 9.58. The fourth-order valence-corrected chi connectivity index (χ4v) is 4.36. The van der Waals surface area contributed by atoms with Gasteiger partial charge in [0.05, 0.1) is 17.7 Å². The minimum absolute atomic E-state index is 0.0214. The highest BCUT2D eigenvalue weighted by molar-refractivity contribution is 6.33. The molecule has 222 valence electrons. The molecule has 0 saturated carbocycles. The average molecular weight is 606 g/mol. The quantitative estimate of drug-likeness (QED) is 0.242. The molecule has 0 saturated heterocycles. The third-order valence-corrected chi connectivity index (χ3v) is 6.55. The van der Waals surface area contributed by atoms with Crippen molar-refractivity contribution in [3.05, 3.63) is 127 Å². The zero-order valence-electron chi connectivity index (χ0n) is 22.3. The summed E-state index contributed by atoms with van der Waals surface area (Å²) in [4.78, 5) is 36.2. The Kier molecular flexibility index (Phi) is 11.2. The lowest BCUT2D eigenvalue weighted by Gasteiger charge is -2.17. The molecule has 0 atom stereocenters. The molecule has 0 aliphatic carbocycles. The number of rotatable bonds is 9. The SMILES string of the molecule is NCCCC(=O)O.O=c1c(-c2ccccc2Cl)cn(Cc2c(F)cccc2C(F)(F)F)c(=O)n1CCc1ccccc1. The molecule has 4 rings (SSSR count). The Morgan fingerprint density at radius 3 is 2.19 bits per heavy atom. The largest absolute Gasteiger partial charge is 0.481 e. The Morgan fingerprint density at radius 2 is 1.60 bits per heavy atom. The number of halogens is 5. The van der Waals surface area contributed by atoms with Gasteiger partial charge in [0.2, 0.25) is 0 Å². The third kappa shape index (κ3) is 8.40. The van der Waals surface area contributed by atoms with Gasteiger partial charge in [-0.15, -0.1) is 0 Å². The lowest BCUT2D eigenvalue weighted by Crippen LogP contribution is -2.41. The topological polar surface area (TPSA) is 107 Å². The Bertz CT molecular complexity index is 1640. The van der Waals surface area contributed by atoms with Gasteiger partial charge in [0.15, 0.2) is 0 Å². The van der Waals surface area contributed by atoms with Crippen LogP contribution in [0.1, 0.15) is 29.5 Å². The van der Waals surface area contributed by atoms with E-state index in [4.69, 9.17) is 22.4 Å². The molecule has 0 aliphatic heterocycles. The van der Waals surface area contributed by atoms with Crippen molar-refractivity contribution in [3.8, 4) is 11.1 Å². The fourth-order valence-electron chi connectivity index (χ4n) is 4.12. The van der Waals surface area contributed by atoms with Crippen LogP contribution in [0.25, 0.3) is 11.1 Å². The molecule has 1 aromatic heterocycles. The number of benzene rings is 3. The van der Waals surface area contributed by atoms with Crippen LogP contribution in [-0.4, -0.2) is 26.8 Å². The highest BCUT2D eigenvalue weighted by atomic mass is 35.5. The van der Waals surface area contributed by atoms with Crippen molar-refractivity contribution < 1.29 is 27.5 Å². The molecule has 12 heteroatoms. The maximum absolute atomic E-state index is 14.5. The molecule has 0 unspecified atom stereocenters. The first-order chi connectivity index (χ1) is 19.9. The molecule has 4 aromatic rings. The fraction of sp³-hybridized carbons (Fsp3) is 0.233. The highest BCUT2D eigenvalue weighted by Crippen LogP contribution is 2.33. The highest BCUT2D eigenvalue weighted by Gasteiger charge is 2.34. The van der Waals surface area contributed by atoms with Gasteiger partial charge in [0.1, 0.15) is 5.82 Å². The Balaban J connectivity index is 0.000000616. The molecule has 0 radical (unpaired) electrons. The van der Waals surface area contributed by atoms with Gasteiger partial charge in [-0.25, -0.2) is 9.18 Å². The van der Waals surface area contributed by atoms with E-state index in [1.54, 1.807) is 24.3 Å². The monoisotopic (exact) mass is 605 g/mol. The molecule has 7 nitrogen and oxygen atoms in total. The average Bonchev–Trinajstić information content (AvgIpc) is 2.95. The number of hydrogen-bond acceptors (Lipinski definition) is 4. The smallest absolute Gasteiger partial charge is 0.416 e. The van der Waals surface area contributed by atoms with Crippen LogP contribution in [0.5, 0.6) is 0 Å². The lowest BCUT2D eigenvalue weighted by molar-refractivity contribution is -0.138. The number of carboxylic acid groups (broad SMARTS) is 1. The van der Waals surface area contributed by atoms with Crippen LogP contribution >= 0.6 is 11.6 Å². The summed E-state index contributed by atoms with van der Waals surface area (Å²) in [6.07, 6.45) is -2.59. The number of aromatic nitrogens is 2. The number of hydrogen-bond donors (Lipinski definition) is 2. The summed E-state index contributed by atoms with van der Waals surface area (Å²) in [5.41, 5.74) is 2.84. The summed E-state index contributed by atoms with van der Waals surface area (Å²) in [7, 11) is 0. The number of nitrogens with zero attached hydrogens (tertiary/aromatic N) is 2. The summed E-state index contributed by atoms with van der Waals surface area (Å²) in [6.45, 7) is -0.279. The molecular formula is C30H28ClF4N3O4. The van der Waals surface area contributed by atoms with Crippen molar-refractivity contribution in [2.24, 2.45) is 5.73 Å². The second-order valence-electron chi connectivity index (χ2n) is 9.18. The molecular weight excluding hydrogens is 578 g/mol. The number of nitrogens with two attached hydrogens (primary N) is 1. The van der Waals surface area contributed by atoms with Gasteiger partial charge in [-0.2, -0.15) is 13.2 Å². The lowest BCUT2D eigenvalue weighted by atomic mass is 10.1. The molecule has 0 bridgehead atoms. The number of aliphatic carboxylic acids is 1. The van der Waals surface area contributed by atoms with E-state index in [-0.39, 0.29) is 23.6 Å². The first-order valence-electron chi connectivity index (χ1n) is 12.8. The van der Waals surface area contributed by atoms with Crippen molar-refractivity contribution in [2.45, 2.75) is 38.5 Å². The second kappa shape index (κ2) is 14.6. The van der Waals surface area contributed by atoms with Crippen LogP contribution in [0.4, 0.5) is 17.6 Å². The summed E-state index contributed by atoms with van der Waals surface area (Å²) in [6, 6.07) is 18.1. The maximum Gasteiger partial charge on any atom is 0.416 e. The Hall–Kier alpha value is -4.22. The van der Waals surface area contributed by atoms with Gasteiger partial charge < -0.3 is 10.8 Å². The van der Waals surface area contributed by atoms with Gasteiger partial charge in [-0.1, -0.05) is 66.2 Å². The minimum atomic E-state index is -4.83. The summed E-state index contributed by atoms with van der Waals surface area (Å²) in [5.74, 6) is -1.88. The van der Waals surface area contributed by atoms with Crippen molar-refractivity contribution >= 4 is 17.6 Å². The van der Waals surface area contributed by atoms with Crippen LogP contribution in [-0.2, 0) is 30.5 Å². The number of alkyl halides is 3. The van der Waals surface area contributed by atoms with Gasteiger partial charge >= 0.3 is 17.8 Å². The number of carbonyl (C=O) groups is 1. The predicted octanol–water partition coefficient (Wildman–Crippen LogP) is 5.59. The zero-order valence-corrected chi connectivity index (χ0v) is 23.0. The normalized spacial score (nSPS) is 11.1. The summed E-state index contributed by atoms with van der Waals surface area (Å²) < 4.78 is 57.1. The van der Waals surface area contributed by atoms with Crippen LogP contribution in [0.3, 0.4) is 0 Å². The van der Waals surface area contributed by atoms with E-state index in [9.17, 15) is 31.9 Å². The molecule has 42 heavy (non-hydrogen) atoms. The van der Waals surface area contributed by atoms with Crippen molar-refractivity contribution in [1.29, 1.82) is 0 Å². The molecule has 3 aromatic carbocycles. The van der Waals surface area contributed by atoms with Gasteiger partial charge in [0, 0.05) is 35.3 Å². The van der Waals surface area contributed by atoms with E-state index in [1.807, 2.05) is 30.3 Å². The van der Waals surface area contributed by atoms with Crippen molar-refractivity contribution in [2.75, 3.05) is 6.54 Å². The van der Waals surface area contributed by atoms with E-state index < -0.39 is 46.9 Å². The molecule has 3 N–H and O–H groups in total. The standard InChI is InChI=1S/C26H19ClF4N2O2.C4H9NO2/c27-22-11-5-4-9-18(22)19-15-32(16-20-21(26(29,30)31)10-6-12-23(20)28)25(35)33(24(19)34)14-13-17-7-2-1-3-8-17;5-3-1-2-4(6)7/h1-12,15H,13-14,16H2;1-3,5H2,(H,6,7). The van der Waals surface area contributed by atoms with E-state index in [0.29, 0.717) is 24.9 Å². The predicted molar refractivity (Wildman–Crippen MR) is 152 cm³/mol. The van der Waals surface area contributed by atoms with E-state index >= 15 is 0 Å². The van der Waals surface area contributed by atoms with Gasteiger partial charge in [-0.05, 0) is 43.1 Å². The van der Waals surface area contributed by atoms with E-state index in [0.717, 1.165) is 39.1 Å². The van der Waals surface area contributed by atoms with Crippen molar-refractivity contribution in [3.63, 3.8) is 0 Å². The first kappa shape index (κ1) is 32.3. The van der Waals surface area contributed by atoms with Crippen LogP contribution in [0.2, 0.25) is 5.02 Å². The number of aryl methyl sites for hydroxylation is 1. The van der Waals surface area contributed by atoms with E-state index in [1.165, 1.54) is 0 Å². The van der Waals surface area contributed by atoms with Gasteiger partial charge in [-0.3, -0.25) is 18.7 Å². The molecule has 0 fully saturated rings. The number of carboxylic acids is 1. The molecule has 1 heterocycles. The van der Waals surface area contributed by atoms with Gasteiger partial charge in [0.25, 0.3) is 5.56 Å². The van der Waals surface area contributed by atoms with E-state index in [2.05, 4.69) is 0 Å². The van der Waals surface area contributed by atoms with Crippen LogP contribution in [0, 0.1) is 5.82 Å². The Labute approximate surface area is 243 Å². The summed E-state index contributed by atoms with van der Waals surface area (Å²) in [5, 5.41) is 8.22. The third-order valence-electron chi connectivity index (χ3n) is 6.22. The molecule has 0 spiro atoms. The molecule has 0 amide bonds. The zero-order chi connectivity index (χ0) is 30.9. The van der Waals surface area contributed by atoms with Crippen molar-refractivity contribution in [1.82, 2.24) is 9.13 Å². The van der Waals surface area contributed by atoms with Crippen LogP contribution in [0.15, 0.2) is 88.6 Å². The molecule has 0 aliphatic rings. The minimum Gasteiger partial charge on any atom is -0.481 e. The van der Waals surface area contributed by atoms with Crippen LogP contribution < -0.4 is 17.0 Å². The Morgan fingerprint density at radius 1 is 0.929 bits per heavy atom. The summed E-state index contributed by atoms with van der Waals surface area (Å²) >= 11 is 6.27.